The van der Waals surface area contributed by atoms with E-state index in [-0.39, 0.29) is 17.6 Å². The van der Waals surface area contributed by atoms with E-state index in [2.05, 4.69) is 10.4 Å². The average molecular weight is 336 g/mol. The number of nitrogens with one attached hydrogen (secondary N) is 1. The first kappa shape index (κ1) is 16.3. The molecule has 0 aromatic carbocycles. The maximum atomic E-state index is 12.6. The van der Waals surface area contributed by atoms with Gasteiger partial charge < -0.3 is 10.2 Å². The summed E-state index contributed by atoms with van der Waals surface area (Å²) >= 11 is 5.52. The highest BCUT2D eigenvalue weighted by molar-refractivity contribution is 6.30. The summed E-state index contributed by atoms with van der Waals surface area (Å²) in [5.41, 5.74) is 2.43. The number of rotatable bonds is 3. The number of nitrogens with zero attached hydrogens (tertiary/aromatic N) is 2. The van der Waals surface area contributed by atoms with Gasteiger partial charge in [-0.15, -0.1) is 0 Å². The minimum atomic E-state index is -4.60. The Balaban J connectivity index is 2.39. The van der Waals surface area contributed by atoms with Gasteiger partial charge in [0, 0.05) is 11.1 Å². The third-order valence-electron chi connectivity index (χ3n) is 3.22. The minimum Gasteiger partial charge on any atom is -0.493 e. The molecule has 0 fully saturated rings. The fraction of sp³-hybridized carbons (Fsp3) is 0.308. The van der Waals surface area contributed by atoms with Crippen LogP contribution in [0.3, 0.4) is 0 Å². The molecule has 2 aromatic rings. The van der Waals surface area contributed by atoms with Crippen molar-refractivity contribution in [2.75, 3.05) is 5.43 Å². The standard InChI is InChI=1S/C13H13ClF3N3O2/c1-3-7-6(2)11(21)20(12(7)22)19-9-5-4-8(10(14)18-9)13(15,16)17/h4-5,21-22H,3H2,1-2H3,(H,18,19). The van der Waals surface area contributed by atoms with Crippen LogP contribution in [0, 0.1) is 6.92 Å². The Morgan fingerprint density at radius 2 is 1.91 bits per heavy atom. The van der Waals surface area contributed by atoms with Crippen molar-refractivity contribution in [2.45, 2.75) is 26.4 Å². The lowest BCUT2D eigenvalue weighted by Crippen LogP contribution is -2.12. The first-order valence-corrected chi connectivity index (χ1v) is 6.67. The zero-order valence-corrected chi connectivity index (χ0v) is 12.4. The predicted molar refractivity (Wildman–Crippen MR) is 75.1 cm³/mol. The van der Waals surface area contributed by atoms with Gasteiger partial charge in [0.25, 0.3) is 0 Å². The Morgan fingerprint density at radius 1 is 1.27 bits per heavy atom. The van der Waals surface area contributed by atoms with Crippen LogP contribution in [0.25, 0.3) is 0 Å². The summed E-state index contributed by atoms with van der Waals surface area (Å²) in [7, 11) is 0. The van der Waals surface area contributed by atoms with Crippen LogP contribution in [0.1, 0.15) is 23.6 Å². The number of hydrogen-bond acceptors (Lipinski definition) is 4. The smallest absolute Gasteiger partial charge is 0.419 e. The van der Waals surface area contributed by atoms with Gasteiger partial charge in [0.1, 0.15) is 11.0 Å². The van der Waals surface area contributed by atoms with E-state index in [1.54, 1.807) is 13.8 Å². The second-order valence-corrected chi connectivity index (χ2v) is 4.94. The van der Waals surface area contributed by atoms with E-state index in [0.717, 1.165) is 16.8 Å². The fourth-order valence-corrected chi connectivity index (χ4v) is 2.32. The van der Waals surface area contributed by atoms with E-state index in [0.29, 0.717) is 17.5 Å². The molecule has 0 bridgehead atoms. The van der Waals surface area contributed by atoms with Gasteiger partial charge in [-0.05, 0) is 25.5 Å². The lowest BCUT2D eigenvalue weighted by atomic mass is 10.1. The molecule has 0 radical (unpaired) electrons. The van der Waals surface area contributed by atoms with Crippen LogP contribution in [0.4, 0.5) is 19.0 Å². The summed E-state index contributed by atoms with van der Waals surface area (Å²) in [6, 6.07) is 1.82. The van der Waals surface area contributed by atoms with Crippen LogP contribution in [-0.2, 0) is 12.6 Å². The molecule has 0 aliphatic carbocycles. The zero-order chi connectivity index (χ0) is 16.7. The number of anilines is 1. The average Bonchev–Trinajstić information content (AvgIpc) is 2.61. The van der Waals surface area contributed by atoms with Crippen molar-refractivity contribution in [1.29, 1.82) is 0 Å². The number of hydrogen-bond donors (Lipinski definition) is 3. The number of halogens is 4. The lowest BCUT2D eigenvalue weighted by Gasteiger charge is -2.12. The molecule has 2 rings (SSSR count). The summed E-state index contributed by atoms with van der Waals surface area (Å²) in [6.07, 6.45) is -4.13. The molecular weight excluding hydrogens is 323 g/mol. The molecular formula is C13H13ClF3N3O2. The molecule has 0 amide bonds. The first-order chi connectivity index (χ1) is 10.2. The van der Waals surface area contributed by atoms with E-state index in [4.69, 9.17) is 11.6 Å². The largest absolute Gasteiger partial charge is 0.493 e. The SMILES string of the molecule is CCc1c(C)c(O)n(Nc2ccc(C(F)(F)F)c(Cl)n2)c1O. The Morgan fingerprint density at radius 3 is 2.36 bits per heavy atom. The highest BCUT2D eigenvalue weighted by atomic mass is 35.5. The molecule has 0 saturated heterocycles. The molecule has 0 saturated carbocycles. The molecule has 22 heavy (non-hydrogen) atoms. The molecule has 3 N–H and O–H groups in total. The molecule has 0 atom stereocenters. The zero-order valence-electron chi connectivity index (χ0n) is 11.7. The molecule has 0 unspecified atom stereocenters. The van der Waals surface area contributed by atoms with Crippen LogP contribution >= 0.6 is 11.6 Å². The third-order valence-corrected chi connectivity index (χ3v) is 3.50. The molecule has 120 valence electrons. The van der Waals surface area contributed by atoms with Gasteiger partial charge in [-0.2, -0.15) is 17.8 Å². The summed E-state index contributed by atoms with van der Waals surface area (Å²) in [5, 5.41) is 19.2. The van der Waals surface area contributed by atoms with E-state index in [9.17, 15) is 23.4 Å². The maximum Gasteiger partial charge on any atom is 0.419 e. The van der Waals surface area contributed by atoms with Crippen molar-refractivity contribution >= 4 is 17.4 Å². The van der Waals surface area contributed by atoms with E-state index >= 15 is 0 Å². The number of aromatic hydroxyl groups is 2. The molecule has 2 heterocycles. The minimum absolute atomic E-state index is 0.0544. The van der Waals surface area contributed by atoms with Crippen molar-refractivity contribution in [3.8, 4) is 11.8 Å². The Hall–Kier alpha value is -2.09. The highest BCUT2D eigenvalue weighted by Gasteiger charge is 2.34. The quantitative estimate of drug-likeness (QED) is 0.748. The van der Waals surface area contributed by atoms with E-state index in [1.165, 1.54) is 0 Å². The van der Waals surface area contributed by atoms with Crippen molar-refractivity contribution in [3.63, 3.8) is 0 Å². The van der Waals surface area contributed by atoms with Crippen LogP contribution in [0.15, 0.2) is 12.1 Å². The predicted octanol–water partition coefficient (Wildman–Crippen LogP) is 3.71. The molecule has 2 aromatic heterocycles. The van der Waals surface area contributed by atoms with Gasteiger partial charge in [0.05, 0.1) is 5.56 Å². The Labute approximate surface area is 128 Å². The van der Waals surface area contributed by atoms with Gasteiger partial charge in [-0.1, -0.05) is 18.5 Å². The topological polar surface area (TPSA) is 70.3 Å². The number of pyridine rings is 1. The van der Waals surface area contributed by atoms with Crippen LogP contribution in [0.5, 0.6) is 11.8 Å². The molecule has 0 spiro atoms. The van der Waals surface area contributed by atoms with Crippen LogP contribution < -0.4 is 5.43 Å². The molecule has 0 aliphatic rings. The van der Waals surface area contributed by atoms with Crippen LogP contribution in [0.2, 0.25) is 5.15 Å². The third kappa shape index (κ3) is 2.78. The van der Waals surface area contributed by atoms with E-state index in [1.807, 2.05) is 0 Å². The fourth-order valence-electron chi connectivity index (χ4n) is 2.06. The number of aromatic nitrogens is 2. The molecule has 5 nitrogen and oxygen atoms in total. The summed E-state index contributed by atoms with van der Waals surface area (Å²) in [4.78, 5) is 3.57. The Bertz CT molecular complexity index is 714. The highest BCUT2D eigenvalue weighted by Crippen LogP contribution is 2.36. The summed E-state index contributed by atoms with van der Waals surface area (Å²) in [5.74, 6) is -0.552. The van der Waals surface area contributed by atoms with Crippen LogP contribution in [-0.4, -0.2) is 19.9 Å². The summed E-state index contributed by atoms with van der Waals surface area (Å²) in [6.45, 7) is 3.40. The molecule has 0 aliphatic heterocycles. The van der Waals surface area contributed by atoms with Crippen molar-refractivity contribution in [3.05, 3.63) is 34.0 Å². The normalized spacial score (nSPS) is 11.7. The first-order valence-electron chi connectivity index (χ1n) is 6.29. The van der Waals surface area contributed by atoms with Crippen molar-refractivity contribution in [2.24, 2.45) is 0 Å². The van der Waals surface area contributed by atoms with Gasteiger partial charge in [0.2, 0.25) is 11.8 Å². The monoisotopic (exact) mass is 335 g/mol. The summed E-state index contributed by atoms with van der Waals surface area (Å²) < 4.78 is 38.8. The van der Waals surface area contributed by atoms with Crippen molar-refractivity contribution in [1.82, 2.24) is 9.66 Å². The Kier molecular flexibility index (Phi) is 4.15. The van der Waals surface area contributed by atoms with Gasteiger partial charge in [-0.25, -0.2) is 4.98 Å². The van der Waals surface area contributed by atoms with Gasteiger partial charge in [-0.3, -0.25) is 5.43 Å². The van der Waals surface area contributed by atoms with Gasteiger partial charge >= 0.3 is 6.18 Å². The maximum absolute atomic E-state index is 12.6. The molecule has 9 heteroatoms. The second kappa shape index (κ2) is 5.60. The lowest BCUT2D eigenvalue weighted by molar-refractivity contribution is -0.137. The van der Waals surface area contributed by atoms with Crippen molar-refractivity contribution < 1.29 is 23.4 Å². The van der Waals surface area contributed by atoms with Gasteiger partial charge in [0.15, 0.2) is 0 Å². The number of alkyl halides is 3. The second-order valence-electron chi connectivity index (χ2n) is 4.58. The van der Waals surface area contributed by atoms with E-state index < -0.39 is 16.9 Å².